The lowest BCUT2D eigenvalue weighted by Crippen LogP contribution is -2.38. The highest BCUT2D eigenvalue weighted by molar-refractivity contribution is 9.10. The minimum Gasteiger partial charge on any atom is -0.316 e. The Morgan fingerprint density at radius 1 is 1.33 bits per heavy atom. The van der Waals surface area contributed by atoms with Crippen LogP contribution < -0.4 is 10.0 Å². The van der Waals surface area contributed by atoms with Crippen molar-refractivity contribution in [3.63, 3.8) is 0 Å². The van der Waals surface area contributed by atoms with E-state index in [1.807, 2.05) is 0 Å². The average molecular weight is 333 g/mol. The van der Waals surface area contributed by atoms with Crippen LogP contribution in [0.5, 0.6) is 0 Å². The van der Waals surface area contributed by atoms with Gasteiger partial charge in [-0.05, 0) is 56.1 Å². The zero-order valence-electron chi connectivity index (χ0n) is 10.0. The van der Waals surface area contributed by atoms with Gasteiger partial charge in [-0.2, -0.15) is 0 Å². The Morgan fingerprint density at radius 3 is 2.67 bits per heavy atom. The van der Waals surface area contributed by atoms with Gasteiger partial charge in [-0.15, -0.1) is 0 Å². The molecule has 0 amide bonds. The first-order valence-corrected chi connectivity index (χ1v) is 8.31. The first-order valence-electron chi connectivity index (χ1n) is 6.04. The molecular formula is C12H17BrN2O2S. The van der Waals surface area contributed by atoms with Gasteiger partial charge in [0.05, 0.1) is 4.90 Å². The number of sulfonamides is 1. The second kappa shape index (κ2) is 6.14. The van der Waals surface area contributed by atoms with Gasteiger partial charge in [0.1, 0.15) is 0 Å². The topological polar surface area (TPSA) is 58.2 Å². The third-order valence-electron chi connectivity index (χ3n) is 3.08. The minimum absolute atomic E-state index is 0.314. The van der Waals surface area contributed by atoms with Crippen LogP contribution in [0.1, 0.15) is 12.8 Å². The molecule has 1 saturated heterocycles. The maximum atomic E-state index is 12.0. The van der Waals surface area contributed by atoms with Gasteiger partial charge in [0.2, 0.25) is 10.0 Å². The highest BCUT2D eigenvalue weighted by atomic mass is 79.9. The first-order chi connectivity index (χ1) is 8.58. The second-order valence-electron chi connectivity index (χ2n) is 4.52. The summed E-state index contributed by atoms with van der Waals surface area (Å²) in [4.78, 5) is 0.314. The Balaban J connectivity index is 1.96. The highest BCUT2D eigenvalue weighted by Gasteiger charge is 2.18. The molecule has 6 heteroatoms. The molecule has 1 atom stereocenters. The molecule has 1 aliphatic heterocycles. The predicted molar refractivity (Wildman–Crippen MR) is 74.9 cm³/mol. The van der Waals surface area contributed by atoms with Crippen LogP contribution in [0.2, 0.25) is 0 Å². The smallest absolute Gasteiger partial charge is 0.240 e. The van der Waals surface area contributed by atoms with Gasteiger partial charge in [0.25, 0.3) is 0 Å². The van der Waals surface area contributed by atoms with E-state index in [2.05, 4.69) is 26.0 Å². The summed E-state index contributed by atoms with van der Waals surface area (Å²) in [6, 6.07) is 6.67. The molecule has 0 saturated carbocycles. The van der Waals surface area contributed by atoms with Gasteiger partial charge in [0.15, 0.2) is 0 Å². The van der Waals surface area contributed by atoms with Crippen LogP contribution in [-0.4, -0.2) is 28.1 Å². The predicted octanol–water partition coefficient (Wildman–Crippen LogP) is 1.73. The molecule has 1 heterocycles. The maximum Gasteiger partial charge on any atom is 0.240 e. The van der Waals surface area contributed by atoms with E-state index in [9.17, 15) is 8.42 Å². The molecule has 2 N–H and O–H groups in total. The Bertz CT molecular complexity index is 481. The number of hydrogen-bond donors (Lipinski definition) is 2. The normalized spacial score (nSPS) is 20.8. The average Bonchev–Trinajstić information content (AvgIpc) is 2.38. The van der Waals surface area contributed by atoms with Crippen molar-refractivity contribution >= 4 is 26.0 Å². The lowest BCUT2D eigenvalue weighted by molar-refractivity contribution is 0.376. The summed E-state index contributed by atoms with van der Waals surface area (Å²) in [5, 5.41) is 3.28. The fourth-order valence-corrected chi connectivity index (χ4v) is 3.40. The third-order valence-corrected chi connectivity index (χ3v) is 5.05. The molecule has 4 nitrogen and oxygen atoms in total. The molecule has 1 fully saturated rings. The SMILES string of the molecule is O=S(=O)(NCC1CCCNC1)c1ccc(Br)cc1. The maximum absolute atomic E-state index is 12.0. The van der Waals surface area contributed by atoms with Crippen molar-refractivity contribution in [1.29, 1.82) is 0 Å². The van der Waals surface area contributed by atoms with E-state index in [0.717, 1.165) is 30.4 Å². The van der Waals surface area contributed by atoms with Crippen LogP contribution in [0, 0.1) is 5.92 Å². The van der Waals surface area contributed by atoms with Crippen LogP contribution in [0.4, 0.5) is 0 Å². The number of hydrogen-bond acceptors (Lipinski definition) is 3. The van der Waals surface area contributed by atoms with Gasteiger partial charge < -0.3 is 5.32 Å². The van der Waals surface area contributed by atoms with Crippen LogP contribution in [0.3, 0.4) is 0 Å². The summed E-state index contributed by atoms with van der Waals surface area (Å²) in [5.74, 6) is 0.393. The summed E-state index contributed by atoms with van der Waals surface area (Å²) >= 11 is 3.29. The van der Waals surface area contributed by atoms with E-state index in [1.54, 1.807) is 24.3 Å². The molecular weight excluding hydrogens is 316 g/mol. The lowest BCUT2D eigenvalue weighted by Gasteiger charge is -2.22. The molecule has 0 bridgehead atoms. The largest absolute Gasteiger partial charge is 0.316 e. The number of benzene rings is 1. The second-order valence-corrected chi connectivity index (χ2v) is 7.20. The molecule has 1 aliphatic rings. The molecule has 100 valence electrons. The fraction of sp³-hybridized carbons (Fsp3) is 0.500. The summed E-state index contributed by atoms with van der Waals surface area (Å²) in [6.07, 6.45) is 2.19. The number of rotatable bonds is 4. The van der Waals surface area contributed by atoms with Crippen LogP contribution >= 0.6 is 15.9 Å². The molecule has 1 aromatic carbocycles. The van der Waals surface area contributed by atoms with E-state index in [0.29, 0.717) is 17.4 Å². The summed E-state index contributed by atoms with van der Waals surface area (Å²) in [6.45, 7) is 2.43. The number of piperidine rings is 1. The van der Waals surface area contributed by atoms with Crippen molar-refractivity contribution in [2.24, 2.45) is 5.92 Å². The molecule has 18 heavy (non-hydrogen) atoms. The Hall–Kier alpha value is -0.430. The van der Waals surface area contributed by atoms with Gasteiger partial charge in [-0.1, -0.05) is 15.9 Å². The van der Waals surface area contributed by atoms with E-state index < -0.39 is 10.0 Å². The lowest BCUT2D eigenvalue weighted by atomic mass is 10.0. The molecule has 2 rings (SSSR count). The van der Waals surface area contributed by atoms with Crippen molar-refractivity contribution < 1.29 is 8.42 Å². The summed E-state index contributed by atoms with van der Waals surface area (Å²) < 4.78 is 27.6. The van der Waals surface area contributed by atoms with Gasteiger partial charge >= 0.3 is 0 Å². The van der Waals surface area contributed by atoms with E-state index in [1.165, 1.54) is 0 Å². The van der Waals surface area contributed by atoms with Crippen molar-refractivity contribution in [3.8, 4) is 0 Å². The molecule has 0 aliphatic carbocycles. The van der Waals surface area contributed by atoms with Crippen molar-refractivity contribution in [2.45, 2.75) is 17.7 Å². The molecule has 0 radical (unpaired) electrons. The third kappa shape index (κ3) is 3.78. The first kappa shape index (κ1) is 14.0. The van der Waals surface area contributed by atoms with Crippen LogP contribution in [0.25, 0.3) is 0 Å². The number of nitrogens with one attached hydrogen (secondary N) is 2. The van der Waals surface area contributed by atoms with E-state index in [4.69, 9.17) is 0 Å². The van der Waals surface area contributed by atoms with Crippen LogP contribution in [0.15, 0.2) is 33.6 Å². The molecule has 1 aromatic rings. The van der Waals surface area contributed by atoms with Gasteiger partial charge in [0, 0.05) is 11.0 Å². The monoisotopic (exact) mass is 332 g/mol. The Labute approximate surface area is 116 Å². The Kier molecular flexibility index (Phi) is 4.77. The van der Waals surface area contributed by atoms with E-state index >= 15 is 0 Å². The van der Waals surface area contributed by atoms with Crippen LogP contribution in [-0.2, 0) is 10.0 Å². The summed E-state index contributed by atoms with van der Waals surface area (Å²) in [5.41, 5.74) is 0. The minimum atomic E-state index is -3.38. The van der Waals surface area contributed by atoms with Gasteiger partial charge in [-0.3, -0.25) is 0 Å². The molecule has 1 unspecified atom stereocenters. The van der Waals surface area contributed by atoms with E-state index in [-0.39, 0.29) is 0 Å². The van der Waals surface area contributed by atoms with Crippen molar-refractivity contribution in [3.05, 3.63) is 28.7 Å². The zero-order chi connectivity index (χ0) is 13.0. The highest BCUT2D eigenvalue weighted by Crippen LogP contribution is 2.15. The Morgan fingerprint density at radius 2 is 2.06 bits per heavy atom. The fourth-order valence-electron chi connectivity index (χ4n) is 2.02. The molecule has 0 spiro atoms. The standard InChI is InChI=1S/C12H17BrN2O2S/c13-11-3-5-12(6-4-11)18(16,17)15-9-10-2-1-7-14-8-10/h3-6,10,14-15H,1-2,7-9H2. The quantitative estimate of drug-likeness (QED) is 0.882. The zero-order valence-corrected chi connectivity index (χ0v) is 12.4. The van der Waals surface area contributed by atoms with Gasteiger partial charge in [-0.25, -0.2) is 13.1 Å². The van der Waals surface area contributed by atoms with Crippen molar-refractivity contribution in [2.75, 3.05) is 19.6 Å². The molecule has 0 aromatic heterocycles. The number of halogens is 1. The van der Waals surface area contributed by atoms with Crippen molar-refractivity contribution in [1.82, 2.24) is 10.0 Å². The summed E-state index contributed by atoms with van der Waals surface area (Å²) in [7, 11) is -3.38.